The van der Waals surface area contributed by atoms with Gasteiger partial charge in [-0.15, -0.1) is 11.3 Å². The monoisotopic (exact) mass is 348 g/mol. The SMILES string of the molecule is Cc1nc(-c2cccs2)ccc1C(=O)N1c2ccccc2CCC1C. The maximum Gasteiger partial charge on any atom is 0.260 e. The molecule has 1 unspecified atom stereocenters. The number of fused-ring (bicyclic) bond motifs is 1. The molecule has 25 heavy (non-hydrogen) atoms. The quantitative estimate of drug-likeness (QED) is 0.645. The van der Waals surface area contributed by atoms with Crippen LogP contribution in [0.1, 0.15) is 35.0 Å². The molecule has 1 aromatic carbocycles. The van der Waals surface area contributed by atoms with E-state index in [-0.39, 0.29) is 11.9 Å². The van der Waals surface area contributed by atoms with Gasteiger partial charge < -0.3 is 4.90 Å². The Hall–Kier alpha value is -2.46. The van der Waals surface area contributed by atoms with Crippen molar-refractivity contribution in [3.8, 4) is 10.6 Å². The Balaban J connectivity index is 1.72. The van der Waals surface area contributed by atoms with E-state index >= 15 is 0 Å². The van der Waals surface area contributed by atoms with Crippen molar-refractivity contribution in [2.75, 3.05) is 4.90 Å². The molecule has 0 spiro atoms. The van der Waals surface area contributed by atoms with Crippen molar-refractivity contribution in [3.05, 3.63) is 70.7 Å². The summed E-state index contributed by atoms with van der Waals surface area (Å²) in [4.78, 5) is 21.0. The molecule has 1 aliphatic rings. The van der Waals surface area contributed by atoms with Crippen molar-refractivity contribution in [2.24, 2.45) is 0 Å². The number of rotatable bonds is 2. The van der Waals surface area contributed by atoms with Crippen LogP contribution in [0.25, 0.3) is 10.6 Å². The number of benzene rings is 1. The van der Waals surface area contributed by atoms with Crippen molar-refractivity contribution < 1.29 is 4.79 Å². The molecule has 2 aromatic heterocycles. The Kier molecular flexibility index (Phi) is 4.14. The van der Waals surface area contributed by atoms with E-state index in [0.29, 0.717) is 5.56 Å². The number of aromatic nitrogens is 1. The second-order valence-electron chi connectivity index (χ2n) is 6.50. The van der Waals surface area contributed by atoms with E-state index in [9.17, 15) is 4.79 Å². The smallest absolute Gasteiger partial charge is 0.260 e. The first kappa shape index (κ1) is 16.0. The molecule has 0 fully saturated rings. The summed E-state index contributed by atoms with van der Waals surface area (Å²) in [7, 11) is 0. The topological polar surface area (TPSA) is 33.2 Å². The summed E-state index contributed by atoms with van der Waals surface area (Å²) in [6.45, 7) is 4.04. The van der Waals surface area contributed by atoms with Crippen LogP contribution >= 0.6 is 11.3 Å². The summed E-state index contributed by atoms with van der Waals surface area (Å²) >= 11 is 1.66. The van der Waals surface area contributed by atoms with E-state index < -0.39 is 0 Å². The van der Waals surface area contributed by atoms with Crippen molar-refractivity contribution in [2.45, 2.75) is 32.7 Å². The minimum absolute atomic E-state index is 0.0439. The number of hydrogen-bond donors (Lipinski definition) is 0. The van der Waals surface area contributed by atoms with Gasteiger partial charge in [0.2, 0.25) is 0 Å². The Bertz CT molecular complexity index is 917. The Labute approximate surface area is 152 Å². The number of anilines is 1. The van der Waals surface area contributed by atoms with Crippen LogP contribution in [0.3, 0.4) is 0 Å². The molecular formula is C21H20N2OS. The van der Waals surface area contributed by atoms with Gasteiger partial charge in [0, 0.05) is 11.7 Å². The summed E-state index contributed by atoms with van der Waals surface area (Å²) in [6, 6.07) is 16.3. The van der Waals surface area contributed by atoms with Gasteiger partial charge in [-0.05, 0) is 61.9 Å². The van der Waals surface area contributed by atoms with E-state index in [1.165, 1.54) is 5.56 Å². The lowest BCUT2D eigenvalue weighted by Gasteiger charge is -2.35. The van der Waals surface area contributed by atoms with Crippen molar-refractivity contribution >= 4 is 22.9 Å². The molecule has 1 atom stereocenters. The molecular weight excluding hydrogens is 328 g/mol. The second-order valence-corrected chi connectivity index (χ2v) is 7.45. The number of aryl methyl sites for hydroxylation is 2. The Morgan fingerprint density at radius 2 is 2.00 bits per heavy atom. The zero-order valence-electron chi connectivity index (χ0n) is 14.4. The van der Waals surface area contributed by atoms with E-state index in [2.05, 4.69) is 24.0 Å². The summed E-state index contributed by atoms with van der Waals surface area (Å²) in [5.74, 6) is 0.0439. The molecule has 3 heterocycles. The number of para-hydroxylation sites is 1. The number of thiophene rings is 1. The highest BCUT2D eigenvalue weighted by Crippen LogP contribution is 2.32. The molecule has 1 aliphatic heterocycles. The van der Waals surface area contributed by atoms with E-state index in [4.69, 9.17) is 0 Å². The highest BCUT2D eigenvalue weighted by atomic mass is 32.1. The van der Waals surface area contributed by atoms with E-state index in [0.717, 1.165) is 34.8 Å². The minimum Gasteiger partial charge on any atom is -0.305 e. The van der Waals surface area contributed by atoms with Gasteiger partial charge in [-0.25, -0.2) is 0 Å². The zero-order valence-corrected chi connectivity index (χ0v) is 15.2. The summed E-state index contributed by atoms with van der Waals surface area (Å²) in [6.07, 6.45) is 2.01. The fraction of sp³-hybridized carbons (Fsp3) is 0.238. The van der Waals surface area contributed by atoms with Crippen LogP contribution in [0, 0.1) is 6.92 Å². The third-order valence-corrected chi connectivity index (χ3v) is 5.72. The molecule has 1 amide bonds. The fourth-order valence-electron chi connectivity index (χ4n) is 3.48. The van der Waals surface area contributed by atoms with Gasteiger partial charge in [-0.3, -0.25) is 9.78 Å². The summed E-state index contributed by atoms with van der Waals surface area (Å²) < 4.78 is 0. The first-order chi connectivity index (χ1) is 12.1. The van der Waals surface area contributed by atoms with Crippen LogP contribution in [-0.2, 0) is 6.42 Å². The lowest BCUT2D eigenvalue weighted by atomic mass is 9.95. The number of hydrogen-bond acceptors (Lipinski definition) is 3. The highest BCUT2D eigenvalue weighted by molar-refractivity contribution is 7.13. The number of carbonyl (C=O) groups is 1. The molecule has 3 aromatic rings. The molecule has 0 N–H and O–H groups in total. The predicted molar refractivity (Wildman–Crippen MR) is 103 cm³/mol. The molecule has 126 valence electrons. The van der Waals surface area contributed by atoms with E-state index in [1.54, 1.807) is 11.3 Å². The van der Waals surface area contributed by atoms with Crippen molar-refractivity contribution in [3.63, 3.8) is 0 Å². The predicted octanol–water partition coefficient (Wildman–Crippen LogP) is 5.10. The van der Waals surface area contributed by atoms with Crippen molar-refractivity contribution in [1.29, 1.82) is 0 Å². The largest absolute Gasteiger partial charge is 0.305 e. The summed E-state index contributed by atoms with van der Waals surface area (Å²) in [5.41, 5.74) is 4.67. The standard InChI is InChI=1S/C21H20N2OS/c1-14-9-10-16-6-3-4-7-19(16)23(14)21(24)17-11-12-18(22-15(17)2)20-8-5-13-25-20/h3-8,11-14H,9-10H2,1-2H3. The van der Waals surface area contributed by atoms with Gasteiger partial charge in [0.1, 0.15) is 0 Å². The number of pyridine rings is 1. The normalized spacial score (nSPS) is 16.6. The van der Waals surface area contributed by atoms with Crippen LogP contribution in [0.15, 0.2) is 53.9 Å². The first-order valence-electron chi connectivity index (χ1n) is 8.58. The van der Waals surface area contributed by atoms with E-state index in [1.807, 2.05) is 53.6 Å². The van der Waals surface area contributed by atoms with Gasteiger partial charge in [-0.1, -0.05) is 24.3 Å². The number of carbonyl (C=O) groups excluding carboxylic acids is 1. The molecule has 0 saturated heterocycles. The Morgan fingerprint density at radius 1 is 1.16 bits per heavy atom. The second kappa shape index (κ2) is 6.45. The third kappa shape index (κ3) is 2.87. The highest BCUT2D eigenvalue weighted by Gasteiger charge is 2.29. The van der Waals surface area contributed by atoms with Gasteiger partial charge in [-0.2, -0.15) is 0 Å². The molecule has 0 bridgehead atoms. The van der Waals surface area contributed by atoms with Gasteiger partial charge in [0.25, 0.3) is 5.91 Å². The Morgan fingerprint density at radius 3 is 2.76 bits per heavy atom. The fourth-order valence-corrected chi connectivity index (χ4v) is 4.17. The molecule has 4 rings (SSSR count). The number of amides is 1. The maximum absolute atomic E-state index is 13.3. The summed E-state index contributed by atoms with van der Waals surface area (Å²) in [5, 5.41) is 2.04. The number of nitrogens with zero attached hydrogens (tertiary/aromatic N) is 2. The van der Waals surface area contributed by atoms with Gasteiger partial charge in [0.05, 0.1) is 21.8 Å². The molecule has 0 aliphatic carbocycles. The first-order valence-corrected chi connectivity index (χ1v) is 9.46. The average Bonchev–Trinajstić information content (AvgIpc) is 3.16. The molecule has 3 nitrogen and oxygen atoms in total. The zero-order chi connectivity index (χ0) is 17.4. The van der Waals surface area contributed by atoms with Gasteiger partial charge >= 0.3 is 0 Å². The molecule has 0 saturated carbocycles. The third-order valence-electron chi connectivity index (χ3n) is 4.83. The van der Waals surface area contributed by atoms with Crippen molar-refractivity contribution in [1.82, 2.24) is 4.98 Å². The minimum atomic E-state index is 0.0439. The van der Waals surface area contributed by atoms with Crippen LogP contribution in [0.2, 0.25) is 0 Å². The van der Waals surface area contributed by atoms with Crippen LogP contribution in [-0.4, -0.2) is 16.9 Å². The molecule has 0 radical (unpaired) electrons. The lowest BCUT2D eigenvalue weighted by molar-refractivity contribution is 0.0974. The van der Waals surface area contributed by atoms with Crippen LogP contribution in [0.4, 0.5) is 5.69 Å². The van der Waals surface area contributed by atoms with Crippen LogP contribution in [0.5, 0.6) is 0 Å². The lowest BCUT2D eigenvalue weighted by Crippen LogP contribution is -2.42. The maximum atomic E-state index is 13.3. The molecule has 4 heteroatoms. The van der Waals surface area contributed by atoms with Crippen LogP contribution < -0.4 is 4.90 Å². The van der Waals surface area contributed by atoms with Gasteiger partial charge in [0.15, 0.2) is 0 Å². The average molecular weight is 348 g/mol.